The molecule has 1 aromatic carbocycles. The second kappa shape index (κ2) is 14.2. The van der Waals surface area contributed by atoms with Crippen LogP contribution in [0.5, 0.6) is 5.88 Å². The number of unbranched alkanes of at least 4 members (excludes halogenated alkanes) is 3. The number of esters is 2. The fourth-order valence-corrected chi connectivity index (χ4v) is 4.98. The van der Waals surface area contributed by atoms with Crippen molar-refractivity contribution in [2.24, 2.45) is 5.92 Å². The van der Waals surface area contributed by atoms with Gasteiger partial charge in [0.05, 0.1) is 31.1 Å². The number of carbonyl (C=O) groups excluding carboxylic acids is 3. The molecule has 1 saturated heterocycles. The Bertz CT molecular complexity index is 1190. The number of para-hydroxylation sites is 2. The van der Waals surface area contributed by atoms with Crippen molar-refractivity contribution in [1.29, 1.82) is 0 Å². The van der Waals surface area contributed by atoms with Gasteiger partial charge in [0.15, 0.2) is 0 Å². The van der Waals surface area contributed by atoms with Gasteiger partial charge in [0, 0.05) is 12.3 Å². The monoisotopic (exact) mass is 553 g/mol. The summed E-state index contributed by atoms with van der Waals surface area (Å²) < 4.78 is 16.9. The quantitative estimate of drug-likeness (QED) is 0.189. The molecule has 1 aliphatic heterocycles. The van der Waals surface area contributed by atoms with Crippen molar-refractivity contribution in [3.8, 4) is 5.88 Å². The number of rotatable bonds is 13. The van der Waals surface area contributed by atoms with Crippen LogP contribution in [0.1, 0.15) is 78.3 Å². The molecule has 9 nitrogen and oxygen atoms in total. The van der Waals surface area contributed by atoms with Crippen LogP contribution >= 0.6 is 0 Å². The molecular formula is C31H43N3O6. The molecule has 0 N–H and O–H groups in total. The van der Waals surface area contributed by atoms with E-state index >= 15 is 0 Å². The van der Waals surface area contributed by atoms with E-state index in [0.29, 0.717) is 29.9 Å². The van der Waals surface area contributed by atoms with Gasteiger partial charge in [-0.1, -0.05) is 38.0 Å². The predicted octanol–water partition coefficient (Wildman–Crippen LogP) is 5.20. The number of likely N-dealkylation sites (tertiary alicyclic amines) is 1. The zero-order valence-electron chi connectivity index (χ0n) is 24.5. The number of carbonyl (C=O) groups is 3. The Balaban J connectivity index is 1.81. The highest BCUT2D eigenvalue weighted by atomic mass is 16.6. The number of ether oxygens (including phenoxy) is 3. The minimum absolute atomic E-state index is 0.0520. The summed E-state index contributed by atoms with van der Waals surface area (Å²) in [6.45, 7) is 11.3. The zero-order chi connectivity index (χ0) is 29.3. The first-order chi connectivity index (χ1) is 19.1. The number of methoxy groups -OCH3 is 1. The van der Waals surface area contributed by atoms with Gasteiger partial charge >= 0.3 is 11.9 Å². The highest BCUT2D eigenvalue weighted by molar-refractivity contribution is 5.89. The van der Waals surface area contributed by atoms with Gasteiger partial charge in [0.2, 0.25) is 11.8 Å². The van der Waals surface area contributed by atoms with Gasteiger partial charge in [-0.05, 0) is 58.6 Å². The van der Waals surface area contributed by atoms with Crippen LogP contribution in [0.25, 0.3) is 11.0 Å². The maximum absolute atomic E-state index is 13.9. The van der Waals surface area contributed by atoms with Crippen molar-refractivity contribution in [3.05, 3.63) is 42.6 Å². The maximum atomic E-state index is 13.9. The van der Waals surface area contributed by atoms with Crippen LogP contribution in [0.3, 0.4) is 0 Å². The molecule has 1 aliphatic rings. The number of allylic oxidation sites excluding steroid dienone is 1. The third-order valence-electron chi connectivity index (χ3n) is 6.88. The fraction of sp³-hybridized carbons (Fsp3) is 0.581. The first kappa shape index (κ1) is 31.0. The third kappa shape index (κ3) is 8.50. The van der Waals surface area contributed by atoms with Gasteiger partial charge in [-0.25, -0.2) is 14.8 Å². The molecule has 0 bridgehead atoms. The molecule has 2 aromatic rings. The van der Waals surface area contributed by atoms with Crippen molar-refractivity contribution in [2.45, 2.75) is 96.8 Å². The minimum atomic E-state index is -0.817. The molecule has 3 rings (SSSR count). The smallest absolute Gasteiger partial charge is 0.328 e. The Kier molecular flexibility index (Phi) is 11.0. The number of hydrogen-bond donors (Lipinski definition) is 0. The van der Waals surface area contributed by atoms with Gasteiger partial charge in [0.1, 0.15) is 23.4 Å². The molecule has 2 heterocycles. The van der Waals surface area contributed by atoms with Crippen LogP contribution < -0.4 is 4.74 Å². The minimum Gasteiger partial charge on any atom is -0.471 e. The lowest BCUT2D eigenvalue weighted by molar-refractivity contribution is -0.159. The van der Waals surface area contributed by atoms with Gasteiger partial charge in [0.25, 0.3) is 0 Å². The summed E-state index contributed by atoms with van der Waals surface area (Å²) >= 11 is 0. The number of aryl methyl sites for hydroxylation is 1. The van der Waals surface area contributed by atoms with E-state index in [-0.39, 0.29) is 25.3 Å². The molecule has 1 amide bonds. The lowest BCUT2D eigenvalue weighted by atomic mass is 9.95. The summed E-state index contributed by atoms with van der Waals surface area (Å²) in [6.07, 6.45) is 6.28. The Labute approximate surface area is 237 Å². The van der Waals surface area contributed by atoms with Crippen molar-refractivity contribution in [3.63, 3.8) is 0 Å². The second-order valence-corrected chi connectivity index (χ2v) is 11.2. The van der Waals surface area contributed by atoms with Crippen molar-refractivity contribution in [1.82, 2.24) is 14.9 Å². The van der Waals surface area contributed by atoms with E-state index in [1.807, 2.05) is 37.3 Å². The topological polar surface area (TPSA) is 108 Å². The molecule has 40 heavy (non-hydrogen) atoms. The number of fused-ring (bicyclic) bond motifs is 1. The van der Waals surface area contributed by atoms with Gasteiger partial charge in [-0.15, -0.1) is 6.58 Å². The molecule has 1 aromatic heterocycles. The fourth-order valence-electron chi connectivity index (χ4n) is 4.98. The Morgan fingerprint density at radius 3 is 2.45 bits per heavy atom. The molecule has 218 valence electrons. The van der Waals surface area contributed by atoms with Crippen LogP contribution in [-0.4, -0.2) is 64.1 Å². The Hall–Kier alpha value is -3.49. The highest BCUT2D eigenvalue weighted by Crippen LogP contribution is 2.30. The first-order valence-corrected chi connectivity index (χ1v) is 14.2. The summed E-state index contributed by atoms with van der Waals surface area (Å²) in [5, 5.41) is 0. The maximum Gasteiger partial charge on any atom is 0.328 e. The van der Waals surface area contributed by atoms with E-state index in [9.17, 15) is 14.4 Å². The molecule has 1 fully saturated rings. The molecule has 3 atom stereocenters. The normalized spacial score (nSPS) is 17.9. The van der Waals surface area contributed by atoms with Crippen molar-refractivity contribution >= 4 is 28.9 Å². The molecule has 0 unspecified atom stereocenters. The first-order valence-electron chi connectivity index (χ1n) is 14.2. The number of aromatic nitrogens is 2. The molecule has 0 radical (unpaired) electrons. The lowest BCUT2D eigenvalue weighted by Crippen LogP contribution is -2.45. The number of hydrogen-bond acceptors (Lipinski definition) is 8. The largest absolute Gasteiger partial charge is 0.471 e. The van der Waals surface area contributed by atoms with Crippen LogP contribution in [-0.2, 0) is 30.3 Å². The SMILES string of the molecule is C=CCCCCC[C@H](CC(=O)OC(C)(C)C)C(=O)N1C[C@H](Oc2nc3ccccc3nc2CC)C[C@H]1C(=O)OC. The summed E-state index contributed by atoms with van der Waals surface area (Å²) in [7, 11) is 1.31. The van der Waals surface area contributed by atoms with Crippen molar-refractivity contribution < 1.29 is 28.6 Å². The van der Waals surface area contributed by atoms with E-state index in [1.165, 1.54) is 12.0 Å². The average molecular weight is 554 g/mol. The number of amides is 1. The van der Waals surface area contributed by atoms with Crippen LogP contribution in [0, 0.1) is 5.92 Å². The summed E-state index contributed by atoms with van der Waals surface area (Å²) in [5.74, 6) is -1.43. The molecule has 9 heteroatoms. The van der Waals surface area contributed by atoms with Crippen LogP contribution in [0.2, 0.25) is 0 Å². The Morgan fingerprint density at radius 2 is 1.82 bits per heavy atom. The van der Waals surface area contributed by atoms with Crippen LogP contribution in [0.4, 0.5) is 0 Å². The number of benzene rings is 1. The molecule has 0 spiro atoms. The lowest BCUT2D eigenvalue weighted by Gasteiger charge is -2.28. The highest BCUT2D eigenvalue weighted by Gasteiger charge is 2.44. The Morgan fingerprint density at radius 1 is 1.12 bits per heavy atom. The summed E-state index contributed by atoms with van der Waals surface area (Å²) in [6, 6.07) is 6.75. The van der Waals surface area contributed by atoms with Gasteiger partial charge in [-0.3, -0.25) is 9.59 Å². The summed E-state index contributed by atoms with van der Waals surface area (Å²) in [5.41, 5.74) is 1.54. The molecule has 0 saturated carbocycles. The van der Waals surface area contributed by atoms with Gasteiger partial charge in [-0.2, -0.15) is 0 Å². The van der Waals surface area contributed by atoms with E-state index < -0.39 is 35.6 Å². The van der Waals surface area contributed by atoms with Crippen molar-refractivity contribution in [2.75, 3.05) is 13.7 Å². The van der Waals surface area contributed by atoms with Gasteiger partial charge < -0.3 is 19.1 Å². The summed E-state index contributed by atoms with van der Waals surface area (Å²) in [4.78, 5) is 50.3. The number of nitrogens with zero attached hydrogens (tertiary/aromatic N) is 3. The predicted molar refractivity (Wildman–Crippen MR) is 153 cm³/mol. The van der Waals surface area contributed by atoms with E-state index in [4.69, 9.17) is 14.2 Å². The molecule has 0 aliphatic carbocycles. The third-order valence-corrected chi connectivity index (χ3v) is 6.88. The second-order valence-electron chi connectivity index (χ2n) is 11.2. The van der Waals surface area contributed by atoms with E-state index in [2.05, 4.69) is 16.5 Å². The van der Waals surface area contributed by atoms with Crippen LogP contribution in [0.15, 0.2) is 36.9 Å². The standard InChI is InChI=1S/C31H43N3O6/c1-7-9-10-11-12-15-21(18-27(35)40-31(3,4)5)29(36)34-20-22(19-26(34)30(37)38-6)39-28-23(8-2)32-24-16-13-14-17-25(24)33-28/h7,13-14,16-17,21-22,26H,1,8-12,15,18-20H2,2-6H3/t21-,22-,26+/m1/s1. The average Bonchev–Trinajstić information content (AvgIpc) is 3.33. The van der Waals surface area contributed by atoms with E-state index in [1.54, 1.807) is 20.8 Å². The van der Waals surface area contributed by atoms with E-state index in [0.717, 1.165) is 31.2 Å². The molecular weight excluding hydrogens is 510 g/mol. The zero-order valence-corrected chi connectivity index (χ0v) is 24.5.